The second-order valence-corrected chi connectivity index (χ2v) is 6.03. The first-order valence-electron chi connectivity index (χ1n) is 8.05. The van der Waals surface area contributed by atoms with Crippen LogP contribution in [0.2, 0.25) is 0 Å². The molecule has 0 aromatic heterocycles. The molecule has 1 unspecified atom stereocenters. The monoisotopic (exact) mass is 331 g/mol. The normalized spacial score (nSPS) is 17.9. The summed E-state index contributed by atoms with van der Waals surface area (Å²) < 4.78 is 24.0. The molecule has 128 valence electrons. The van der Waals surface area contributed by atoms with Gasteiger partial charge in [0.05, 0.1) is 14.2 Å². The van der Waals surface area contributed by atoms with Crippen molar-refractivity contribution in [1.82, 2.24) is 4.90 Å². The van der Waals surface area contributed by atoms with E-state index in [1.165, 1.54) is 20.3 Å². The summed E-state index contributed by atoms with van der Waals surface area (Å²) in [5.41, 5.74) is 2.00. The van der Waals surface area contributed by atoms with Gasteiger partial charge in [0.15, 0.2) is 11.5 Å². The topological polar surface area (TPSA) is 41.9 Å². The standard InChI is InChI=1S/C19H22FNO3/c1-23-17-9-13(10-18(24-2)19(17)22)12-21-8-4-7-16(21)14-5-3-6-15(20)11-14/h3,5-6,9-11,16,22H,4,7-8,12H2,1-2H3. The molecular formula is C19H22FNO3. The van der Waals surface area contributed by atoms with Crippen LogP contribution in [0, 0.1) is 5.82 Å². The Morgan fingerprint density at radius 2 is 1.88 bits per heavy atom. The molecule has 0 aliphatic carbocycles. The summed E-state index contributed by atoms with van der Waals surface area (Å²) in [5.74, 6) is 0.593. The maximum absolute atomic E-state index is 13.5. The Morgan fingerprint density at radius 3 is 2.50 bits per heavy atom. The van der Waals surface area contributed by atoms with Gasteiger partial charge in [-0.15, -0.1) is 0 Å². The van der Waals surface area contributed by atoms with Gasteiger partial charge in [0.25, 0.3) is 0 Å². The van der Waals surface area contributed by atoms with E-state index in [-0.39, 0.29) is 17.6 Å². The molecule has 1 atom stereocenters. The van der Waals surface area contributed by atoms with E-state index in [2.05, 4.69) is 4.90 Å². The molecule has 3 rings (SSSR count). The largest absolute Gasteiger partial charge is 0.502 e. The Hall–Kier alpha value is -2.27. The van der Waals surface area contributed by atoms with E-state index in [4.69, 9.17) is 9.47 Å². The number of hydrogen-bond acceptors (Lipinski definition) is 4. The number of aromatic hydroxyl groups is 1. The van der Waals surface area contributed by atoms with E-state index in [1.54, 1.807) is 12.1 Å². The minimum atomic E-state index is -0.202. The molecule has 1 fully saturated rings. The van der Waals surface area contributed by atoms with Gasteiger partial charge in [-0.25, -0.2) is 4.39 Å². The molecule has 1 heterocycles. The predicted octanol–water partition coefficient (Wildman–Crippen LogP) is 3.89. The lowest BCUT2D eigenvalue weighted by Gasteiger charge is -2.25. The zero-order chi connectivity index (χ0) is 17.1. The summed E-state index contributed by atoms with van der Waals surface area (Å²) >= 11 is 0. The molecule has 2 aromatic carbocycles. The van der Waals surface area contributed by atoms with Crippen LogP contribution >= 0.6 is 0 Å². The van der Waals surface area contributed by atoms with Crippen molar-refractivity contribution >= 4 is 0 Å². The van der Waals surface area contributed by atoms with Gasteiger partial charge in [-0.3, -0.25) is 4.90 Å². The number of ether oxygens (including phenoxy) is 2. The molecule has 0 spiro atoms. The van der Waals surface area contributed by atoms with Gasteiger partial charge in [0.2, 0.25) is 5.75 Å². The van der Waals surface area contributed by atoms with Crippen molar-refractivity contribution < 1.29 is 19.0 Å². The number of methoxy groups -OCH3 is 2. The number of phenols is 1. The van der Waals surface area contributed by atoms with E-state index < -0.39 is 0 Å². The molecule has 2 aromatic rings. The zero-order valence-electron chi connectivity index (χ0n) is 14.0. The minimum absolute atomic E-state index is 0.00634. The van der Waals surface area contributed by atoms with Crippen LogP contribution in [-0.4, -0.2) is 30.8 Å². The van der Waals surface area contributed by atoms with Crippen LogP contribution in [0.15, 0.2) is 36.4 Å². The molecule has 1 aliphatic rings. The Balaban J connectivity index is 1.84. The smallest absolute Gasteiger partial charge is 0.200 e. The van der Waals surface area contributed by atoms with E-state index in [0.717, 1.165) is 30.5 Å². The maximum Gasteiger partial charge on any atom is 0.200 e. The summed E-state index contributed by atoms with van der Waals surface area (Å²) in [6.45, 7) is 1.64. The Morgan fingerprint density at radius 1 is 1.17 bits per heavy atom. The Bertz CT molecular complexity index is 695. The number of benzene rings is 2. The molecule has 0 amide bonds. The molecule has 5 heteroatoms. The van der Waals surface area contributed by atoms with Crippen molar-refractivity contribution in [2.24, 2.45) is 0 Å². The first kappa shape index (κ1) is 16.6. The van der Waals surface area contributed by atoms with Crippen molar-refractivity contribution in [2.75, 3.05) is 20.8 Å². The molecule has 0 saturated carbocycles. The molecule has 24 heavy (non-hydrogen) atoms. The number of likely N-dealkylation sites (tertiary alicyclic amines) is 1. The fourth-order valence-corrected chi connectivity index (χ4v) is 3.38. The molecule has 1 N–H and O–H groups in total. The first-order chi connectivity index (χ1) is 11.6. The van der Waals surface area contributed by atoms with Crippen molar-refractivity contribution in [1.29, 1.82) is 0 Å². The second-order valence-electron chi connectivity index (χ2n) is 6.03. The third kappa shape index (κ3) is 3.31. The van der Waals surface area contributed by atoms with E-state index in [1.807, 2.05) is 18.2 Å². The average Bonchev–Trinajstić information content (AvgIpc) is 3.04. The summed E-state index contributed by atoms with van der Waals surface area (Å²) in [6.07, 6.45) is 2.09. The highest BCUT2D eigenvalue weighted by Crippen LogP contribution is 2.39. The number of nitrogens with zero attached hydrogens (tertiary/aromatic N) is 1. The van der Waals surface area contributed by atoms with Gasteiger partial charge in [-0.2, -0.15) is 0 Å². The number of halogens is 1. The molecular weight excluding hydrogens is 309 g/mol. The van der Waals surface area contributed by atoms with Crippen molar-refractivity contribution in [3.05, 3.63) is 53.3 Å². The molecule has 0 radical (unpaired) electrons. The zero-order valence-corrected chi connectivity index (χ0v) is 14.0. The number of rotatable bonds is 5. The van der Waals surface area contributed by atoms with Crippen LogP contribution in [0.3, 0.4) is 0 Å². The van der Waals surface area contributed by atoms with Crippen molar-refractivity contribution in [2.45, 2.75) is 25.4 Å². The van der Waals surface area contributed by atoms with Crippen molar-refractivity contribution in [3.63, 3.8) is 0 Å². The van der Waals surface area contributed by atoms with Crippen LogP contribution < -0.4 is 9.47 Å². The highest BCUT2D eigenvalue weighted by molar-refractivity contribution is 5.52. The summed E-state index contributed by atoms with van der Waals surface area (Å²) in [5, 5.41) is 10.0. The third-order valence-corrected chi connectivity index (χ3v) is 4.52. The third-order valence-electron chi connectivity index (χ3n) is 4.52. The van der Waals surface area contributed by atoms with E-state index >= 15 is 0 Å². The van der Waals surface area contributed by atoms with Gasteiger partial charge in [0, 0.05) is 12.6 Å². The minimum Gasteiger partial charge on any atom is -0.502 e. The van der Waals surface area contributed by atoms with E-state index in [0.29, 0.717) is 18.0 Å². The van der Waals surface area contributed by atoms with Crippen LogP contribution in [0.25, 0.3) is 0 Å². The lowest BCUT2D eigenvalue weighted by atomic mass is 10.0. The first-order valence-corrected chi connectivity index (χ1v) is 8.05. The predicted molar refractivity (Wildman–Crippen MR) is 90.0 cm³/mol. The highest BCUT2D eigenvalue weighted by atomic mass is 19.1. The lowest BCUT2D eigenvalue weighted by molar-refractivity contribution is 0.247. The van der Waals surface area contributed by atoms with Gasteiger partial charge < -0.3 is 14.6 Å². The number of phenolic OH excluding ortho intramolecular Hbond substituents is 1. The van der Waals surface area contributed by atoms with Crippen LogP contribution in [0.1, 0.15) is 30.0 Å². The Kier molecular flexibility index (Phi) is 4.90. The van der Waals surface area contributed by atoms with E-state index in [9.17, 15) is 9.50 Å². The molecule has 1 aliphatic heterocycles. The van der Waals surface area contributed by atoms with Gasteiger partial charge in [-0.1, -0.05) is 12.1 Å². The van der Waals surface area contributed by atoms with Crippen LogP contribution in [0.4, 0.5) is 4.39 Å². The fourth-order valence-electron chi connectivity index (χ4n) is 3.38. The molecule has 1 saturated heterocycles. The summed E-state index contributed by atoms with van der Waals surface area (Å²) in [6, 6.07) is 10.7. The summed E-state index contributed by atoms with van der Waals surface area (Å²) in [7, 11) is 3.04. The number of hydrogen-bond donors (Lipinski definition) is 1. The summed E-state index contributed by atoms with van der Waals surface area (Å²) in [4.78, 5) is 2.32. The van der Waals surface area contributed by atoms with Crippen LogP contribution in [-0.2, 0) is 6.54 Å². The van der Waals surface area contributed by atoms with Gasteiger partial charge in [-0.05, 0) is 54.8 Å². The van der Waals surface area contributed by atoms with Crippen LogP contribution in [0.5, 0.6) is 17.2 Å². The van der Waals surface area contributed by atoms with Crippen molar-refractivity contribution in [3.8, 4) is 17.2 Å². The van der Waals surface area contributed by atoms with Gasteiger partial charge >= 0.3 is 0 Å². The van der Waals surface area contributed by atoms with Gasteiger partial charge in [0.1, 0.15) is 5.82 Å². The maximum atomic E-state index is 13.5. The molecule has 0 bridgehead atoms. The second kappa shape index (κ2) is 7.09. The highest BCUT2D eigenvalue weighted by Gasteiger charge is 2.26. The quantitative estimate of drug-likeness (QED) is 0.903. The average molecular weight is 331 g/mol. The Labute approximate surface area is 141 Å². The fraction of sp³-hybridized carbons (Fsp3) is 0.368. The lowest BCUT2D eigenvalue weighted by Crippen LogP contribution is -2.22. The SMILES string of the molecule is COc1cc(CN2CCCC2c2cccc(F)c2)cc(OC)c1O. The molecule has 4 nitrogen and oxygen atoms in total.